The Bertz CT molecular complexity index is 494. The van der Waals surface area contributed by atoms with Crippen LogP contribution in [0.15, 0.2) is 30.3 Å². The van der Waals surface area contributed by atoms with E-state index in [0.717, 1.165) is 32.5 Å². The molecule has 2 atom stereocenters. The van der Waals surface area contributed by atoms with Gasteiger partial charge in [0.05, 0.1) is 25.6 Å². The zero-order chi connectivity index (χ0) is 16.6. The Morgan fingerprint density at radius 3 is 2.54 bits per heavy atom. The molecule has 0 spiro atoms. The standard InChI is InChI=1S/C21H32N2O/c24-21(23-16-6-1-2-7-17-23)20-13-9-15-22(18-20)14-8-12-19-10-4-3-5-11-19/h3-5,10-11,20H,1-2,6-9,12-18H2/p+1/t20-/m1/s1. The van der Waals surface area contributed by atoms with Crippen LogP contribution in [0.5, 0.6) is 0 Å². The van der Waals surface area contributed by atoms with Gasteiger partial charge in [-0.3, -0.25) is 4.79 Å². The minimum Gasteiger partial charge on any atom is -0.342 e. The van der Waals surface area contributed by atoms with Gasteiger partial charge in [0, 0.05) is 19.5 Å². The number of carbonyl (C=O) groups excluding carboxylic acids is 1. The average molecular weight is 330 g/mol. The topological polar surface area (TPSA) is 24.8 Å². The number of aryl methyl sites for hydroxylation is 1. The van der Waals surface area contributed by atoms with Crippen LogP contribution in [-0.2, 0) is 11.2 Å². The lowest BCUT2D eigenvalue weighted by atomic mass is 9.96. The molecule has 0 radical (unpaired) electrons. The fourth-order valence-electron chi connectivity index (χ4n) is 4.33. The van der Waals surface area contributed by atoms with E-state index >= 15 is 0 Å². The second kappa shape index (κ2) is 9.22. The Morgan fingerprint density at radius 2 is 1.79 bits per heavy atom. The zero-order valence-corrected chi connectivity index (χ0v) is 15.0. The van der Waals surface area contributed by atoms with E-state index in [-0.39, 0.29) is 5.92 Å². The summed E-state index contributed by atoms with van der Waals surface area (Å²) < 4.78 is 0. The highest BCUT2D eigenvalue weighted by atomic mass is 16.2. The van der Waals surface area contributed by atoms with Gasteiger partial charge in [0.15, 0.2) is 0 Å². The molecule has 24 heavy (non-hydrogen) atoms. The van der Waals surface area contributed by atoms with Crippen molar-refractivity contribution in [3.63, 3.8) is 0 Å². The number of piperidine rings is 1. The molecule has 3 rings (SSSR count). The zero-order valence-electron chi connectivity index (χ0n) is 15.0. The normalized spacial score (nSPS) is 25.2. The summed E-state index contributed by atoms with van der Waals surface area (Å²) in [4.78, 5) is 16.7. The predicted molar refractivity (Wildman–Crippen MR) is 98.1 cm³/mol. The van der Waals surface area contributed by atoms with E-state index in [4.69, 9.17) is 0 Å². The van der Waals surface area contributed by atoms with Crippen LogP contribution in [-0.4, -0.2) is 43.5 Å². The SMILES string of the molecule is O=C([C@@H]1CCC[NH+](CCCc2ccccc2)C1)N1CCCCCC1. The van der Waals surface area contributed by atoms with Crippen molar-refractivity contribution < 1.29 is 9.69 Å². The molecule has 1 unspecified atom stereocenters. The van der Waals surface area contributed by atoms with Crippen molar-refractivity contribution in [1.82, 2.24) is 4.90 Å². The molecule has 1 aromatic rings. The van der Waals surface area contributed by atoms with Gasteiger partial charge in [-0.25, -0.2) is 0 Å². The van der Waals surface area contributed by atoms with Crippen molar-refractivity contribution in [3.8, 4) is 0 Å². The first kappa shape index (κ1) is 17.5. The summed E-state index contributed by atoms with van der Waals surface area (Å²) in [7, 11) is 0. The van der Waals surface area contributed by atoms with Gasteiger partial charge in [-0.05, 0) is 37.7 Å². The summed E-state index contributed by atoms with van der Waals surface area (Å²) in [5.41, 5.74) is 1.44. The van der Waals surface area contributed by atoms with Gasteiger partial charge in [0.2, 0.25) is 5.91 Å². The first-order chi connectivity index (χ1) is 11.8. The van der Waals surface area contributed by atoms with Crippen molar-refractivity contribution in [1.29, 1.82) is 0 Å². The van der Waals surface area contributed by atoms with Crippen LogP contribution in [0.3, 0.4) is 0 Å². The molecule has 0 saturated carbocycles. The highest BCUT2D eigenvalue weighted by molar-refractivity contribution is 5.79. The molecule has 0 aliphatic carbocycles. The summed E-state index contributed by atoms with van der Waals surface area (Å²) in [5.74, 6) is 0.737. The maximum atomic E-state index is 12.9. The lowest BCUT2D eigenvalue weighted by molar-refractivity contribution is -0.907. The van der Waals surface area contributed by atoms with Gasteiger partial charge in [-0.1, -0.05) is 43.2 Å². The summed E-state index contributed by atoms with van der Waals surface area (Å²) in [5, 5.41) is 0. The van der Waals surface area contributed by atoms with Gasteiger partial charge >= 0.3 is 0 Å². The Balaban J connectivity index is 1.44. The van der Waals surface area contributed by atoms with Crippen molar-refractivity contribution in [3.05, 3.63) is 35.9 Å². The van der Waals surface area contributed by atoms with Crippen molar-refractivity contribution >= 4 is 5.91 Å². The summed E-state index contributed by atoms with van der Waals surface area (Å²) in [6.07, 6.45) is 9.70. The molecule has 132 valence electrons. The third kappa shape index (κ3) is 5.07. The van der Waals surface area contributed by atoms with E-state index in [2.05, 4.69) is 35.2 Å². The molecule has 1 N–H and O–H groups in total. The van der Waals surface area contributed by atoms with Crippen LogP contribution in [0.2, 0.25) is 0 Å². The molecule has 2 heterocycles. The molecule has 1 amide bonds. The number of nitrogens with zero attached hydrogens (tertiary/aromatic N) is 1. The van der Waals surface area contributed by atoms with Crippen molar-refractivity contribution in [2.75, 3.05) is 32.7 Å². The molecule has 2 saturated heterocycles. The number of quaternary nitrogens is 1. The molecule has 3 heteroatoms. The molecule has 2 aliphatic rings. The molecule has 2 aliphatic heterocycles. The fraction of sp³-hybridized carbons (Fsp3) is 0.667. The van der Waals surface area contributed by atoms with Crippen LogP contribution in [0.25, 0.3) is 0 Å². The van der Waals surface area contributed by atoms with Gasteiger partial charge < -0.3 is 9.80 Å². The lowest BCUT2D eigenvalue weighted by Gasteiger charge is -2.32. The van der Waals surface area contributed by atoms with Crippen LogP contribution < -0.4 is 4.90 Å². The minimum atomic E-state index is 0.281. The number of carbonyl (C=O) groups is 1. The minimum absolute atomic E-state index is 0.281. The highest BCUT2D eigenvalue weighted by Crippen LogP contribution is 2.16. The molecule has 0 bridgehead atoms. The first-order valence-corrected chi connectivity index (χ1v) is 9.99. The van der Waals surface area contributed by atoms with E-state index in [1.165, 1.54) is 57.2 Å². The third-order valence-corrected chi connectivity index (χ3v) is 5.72. The second-order valence-electron chi connectivity index (χ2n) is 7.62. The highest BCUT2D eigenvalue weighted by Gasteiger charge is 2.31. The monoisotopic (exact) mass is 329 g/mol. The molecule has 0 aromatic heterocycles. The third-order valence-electron chi connectivity index (χ3n) is 5.72. The number of likely N-dealkylation sites (tertiary alicyclic amines) is 2. The maximum Gasteiger partial charge on any atom is 0.231 e. The van der Waals surface area contributed by atoms with E-state index in [1.54, 1.807) is 4.90 Å². The van der Waals surface area contributed by atoms with E-state index in [1.807, 2.05) is 0 Å². The van der Waals surface area contributed by atoms with Gasteiger partial charge in [0.25, 0.3) is 0 Å². The molecular weight excluding hydrogens is 296 g/mol. The average Bonchev–Trinajstić information content (AvgIpc) is 2.92. The number of hydrogen-bond donors (Lipinski definition) is 1. The summed E-state index contributed by atoms with van der Waals surface area (Å²) in [6, 6.07) is 10.8. The second-order valence-corrected chi connectivity index (χ2v) is 7.62. The molecular formula is C21H33N2O+. The van der Waals surface area contributed by atoms with Crippen molar-refractivity contribution in [2.24, 2.45) is 5.92 Å². The maximum absolute atomic E-state index is 12.9. The first-order valence-electron chi connectivity index (χ1n) is 9.99. The van der Waals surface area contributed by atoms with Crippen LogP contribution in [0.1, 0.15) is 50.5 Å². The smallest absolute Gasteiger partial charge is 0.231 e. The number of nitrogens with one attached hydrogen (secondary N) is 1. The molecule has 1 aromatic carbocycles. The number of benzene rings is 1. The van der Waals surface area contributed by atoms with Crippen LogP contribution >= 0.6 is 0 Å². The van der Waals surface area contributed by atoms with E-state index in [9.17, 15) is 4.79 Å². The Morgan fingerprint density at radius 1 is 1.04 bits per heavy atom. The van der Waals surface area contributed by atoms with Gasteiger partial charge in [-0.15, -0.1) is 0 Å². The lowest BCUT2D eigenvalue weighted by Crippen LogP contribution is -3.13. The van der Waals surface area contributed by atoms with Crippen LogP contribution in [0.4, 0.5) is 0 Å². The van der Waals surface area contributed by atoms with Crippen LogP contribution in [0, 0.1) is 5.92 Å². The molecule has 3 nitrogen and oxygen atoms in total. The Kier molecular flexibility index (Phi) is 6.71. The number of rotatable bonds is 5. The van der Waals surface area contributed by atoms with Gasteiger partial charge in [-0.2, -0.15) is 0 Å². The largest absolute Gasteiger partial charge is 0.342 e. The number of amides is 1. The fourth-order valence-corrected chi connectivity index (χ4v) is 4.33. The van der Waals surface area contributed by atoms with Gasteiger partial charge in [0.1, 0.15) is 0 Å². The van der Waals surface area contributed by atoms with E-state index in [0.29, 0.717) is 5.91 Å². The summed E-state index contributed by atoms with van der Waals surface area (Å²) in [6.45, 7) is 5.51. The number of hydrogen-bond acceptors (Lipinski definition) is 1. The van der Waals surface area contributed by atoms with E-state index < -0.39 is 0 Å². The summed E-state index contributed by atoms with van der Waals surface area (Å²) >= 11 is 0. The Labute approximate surface area is 147 Å². The van der Waals surface area contributed by atoms with Crippen molar-refractivity contribution in [2.45, 2.75) is 51.4 Å². The Hall–Kier alpha value is -1.35. The molecule has 2 fully saturated rings. The quantitative estimate of drug-likeness (QED) is 0.881. The predicted octanol–water partition coefficient (Wildman–Crippen LogP) is 2.32.